The Balaban J connectivity index is 1.48. The van der Waals surface area contributed by atoms with Gasteiger partial charge < -0.3 is 25.2 Å². The van der Waals surface area contributed by atoms with Crippen molar-refractivity contribution in [1.29, 1.82) is 0 Å². The lowest BCUT2D eigenvalue weighted by atomic mass is 9.90. The van der Waals surface area contributed by atoms with Crippen LogP contribution in [0.25, 0.3) is 0 Å². The first-order valence-electron chi connectivity index (χ1n) is 9.50. The first kappa shape index (κ1) is 22.6. The molecule has 0 unspecified atom stereocenters. The van der Waals surface area contributed by atoms with Gasteiger partial charge in [-0.2, -0.15) is 0 Å². The maximum atomic E-state index is 11.8. The number of nitro groups is 1. The molecule has 1 fully saturated rings. The average molecular weight is 451 g/mol. The average Bonchev–Trinajstić information content (AvgIpc) is 2.98. The van der Waals surface area contributed by atoms with Crippen LogP contribution in [-0.2, 0) is 20.9 Å². The number of aliphatic hydroxyl groups excluding tert-OH is 1. The second-order valence-electron chi connectivity index (χ2n) is 6.95. The van der Waals surface area contributed by atoms with Gasteiger partial charge in [-0.05, 0) is 24.1 Å². The number of aliphatic hydroxyl groups is 1. The molecule has 0 spiro atoms. The van der Waals surface area contributed by atoms with E-state index in [-0.39, 0.29) is 55.4 Å². The molecule has 2 amide bonds. The molecular weight excluding hydrogens is 430 g/mol. The molecule has 166 valence electrons. The van der Waals surface area contributed by atoms with Gasteiger partial charge in [-0.15, -0.1) is 11.8 Å². The zero-order valence-corrected chi connectivity index (χ0v) is 17.2. The number of alkyl carbamates (subject to hydrolysis) is 1. The number of nitro benzene ring substituents is 1. The Kier molecular flexibility index (Phi) is 7.13. The number of hydrogen-bond acceptors (Lipinski definition) is 8. The van der Waals surface area contributed by atoms with Gasteiger partial charge in [-0.1, -0.05) is 0 Å². The van der Waals surface area contributed by atoms with Gasteiger partial charge in [0.05, 0.1) is 11.0 Å². The highest BCUT2D eigenvalue weighted by Gasteiger charge is 2.52. The van der Waals surface area contributed by atoms with Crippen molar-refractivity contribution >= 4 is 35.4 Å². The Morgan fingerprint density at radius 2 is 2.03 bits per heavy atom. The summed E-state index contributed by atoms with van der Waals surface area (Å²) in [5.74, 6) is -1.30. The Hall–Kier alpha value is -3.12. The fourth-order valence-electron chi connectivity index (χ4n) is 3.60. The van der Waals surface area contributed by atoms with E-state index in [2.05, 4.69) is 5.32 Å². The van der Waals surface area contributed by atoms with Gasteiger partial charge in [0.2, 0.25) is 5.91 Å². The third kappa shape index (κ3) is 4.97. The van der Waals surface area contributed by atoms with E-state index >= 15 is 0 Å². The molecule has 12 heteroatoms. The Morgan fingerprint density at radius 1 is 1.32 bits per heavy atom. The van der Waals surface area contributed by atoms with Crippen LogP contribution in [0.3, 0.4) is 0 Å². The maximum Gasteiger partial charge on any atom is 0.407 e. The minimum absolute atomic E-state index is 0.0366. The zero-order valence-electron chi connectivity index (χ0n) is 16.4. The molecule has 3 N–H and O–H groups in total. The van der Waals surface area contributed by atoms with Gasteiger partial charge >= 0.3 is 12.1 Å². The summed E-state index contributed by atoms with van der Waals surface area (Å²) in [6, 6.07) is 5.40. The van der Waals surface area contributed by atoms with Crippen LogP contribution in [0.15, 0.2) is 34.9 Å². The van der Waals surface area contributed by atoms with E-state index in [0.717, 1.165) is 0 Å². The second-order valence-corrected chi connectivity index (χ2v) is 8.08. The standard InChI is InChI=1S/C19H21N3O8S/c23-7-5-13-14-9-15(24)21(14)16(18(25)26)17(13)31-8-6-20-19(27)30-10-11-1-3-12(4-2-11)22(28)29/h1-4,13-14,23H,5-10H2,(H,20,27)(H,25,26)/t13-,14-/m1/s1. The highest BCUT2D eigenvalue weighted by Crippen LogP contribution is 2.48. The minimum Gasteiger partial charge on any atom is -0.477 e. The number of rotatable bonds is 10. The molecular formula is C19H21N3O8S. The molecule has 0 saturated carbocycles. The number of non-ortho nitro benzene ring substituents is 1. The third-order valence-electron chi connectivity index (χ3n) is 5.05. The fourth-order valence-corrected chi connectivity index (χ4v) is 4.83. The molecule has 11 nitrogen and oxygen atoms in total. The first-order valence-corrected chi connectivity index (χ1v) is 10.5. The van der Waals surface area contributed by atoms with Gasteiger partial charge in [0.15, 0.2) is 0 Å². The maximum absolute atomic E-state index is 11.8. The van der Waals surface area contributed by atoms with E-state index in [4.69, 9.17) is 4.74 Å². The lowest BCUT2D eigenvalue weighted by Gasteiger charge is -2.38. The molecule has 0 radical (unpaired) electrons. The van der Waals surface area contributed by atoms with Gasteiger partial charge in [0, 0.05) is 48.3 Å². The molecule has 0 aliphatic carbocycles. The van der Waals surface area contributed by atoms with Crippen LogP contribution in [0.2, 0.25) is 0 Å². The van der Waals surface area contributed by atoms with Crippen LogP contribution in [0, 0.1) is 16.0 Å². The minimum atomic E-state index is -1.18. The number of carbonyl (C=O) groups is 3. The van der Waals surface area contributed by atoms with E-state index in [1.807, 2.05) is 0 Å². The zero-order chi connectivity index (χ0) is 22.5. The van der Waals surface area contributed by atoms with Gasteiger partial charge in [0.1, 0.15) is 12.3 Å². The molecule has 2 aliphatic heterocycles. The summed E-state index contributed by atoms with van der Waals surface area (Å²) in [5, 5.41) is 32.0. The number of ether oxygens (including phenoxy) is 1. The molecule has 3 rings (SSSR count). The van der Waals surface area contributed by atoms with Crippen LogP contribution in [0.5, 0.6) is 0 Å². The summed E-state index contributed by atoms with van der Waals surface area (Å²) in [5.41, 5.74) is 0.502. The molecule has 2 atom stereocenters. The Bertz CT molecular complexity index is 917. The van der Waals surface area contributed by atoms with Crippen molar-refractivity contribution in [2.24, 2.45) is 5.92 Å². The number of nitrogens with zero attached hydrogens (tertiary/aromatic N) is 2. The number of aliphatic carboxylic acids is 1. The van der Waals surface area contributed by atoms with Gasteiger partial charge in [0.25, 0.3) is 5.69 Å². The number of β-lactam (4-membered cyclic amide) rings is 1. The topological polar surface area (TPSA) is 159 Å². The van der Waals surface area contributed by atoms with Crippen LogP contribution < -0.4 is 5.32 Å². The Labute approximate surface area is 181 Å². The number of hydrogen-bond donors (Lipinski definition) is 3. The molecule has 2 heterocycles. The number of thioether (sulfide) groups is 1. The van der Waals surface area contributed by atoms with Crippen molar-refractivity contribution in [3.05, 3.63) is 50.5 Å². The summed E-state index contributed by atoms with van der Waals surface area (Å²) in [6.45, 7) is 0.0284. The molecule has 0 bridgehead atoms. The normalized spacial score (nSPS) is 19.6. The number of amides is 2. The smallest absolute Gasteiger partial charge is 0.407 e. The lowest BCUT2D eigenvalue weighted by molar-refractivity contribution is -0.384. The second kappa shape index (κ2) is 9.79. The number of carboxylic acid groups (broad SMARTS) is 1. The van der Waals surface area contributed by atoms with Gasteiger partial charge in [-0.3, -0.25) is 14.9 Å². The molecule has 1 aromatic rings. The Morgan fingerprint density at radius 3 is 2.61 bits per heavy atom. The molecule has 0 aromatic heterocycles. The van der Waals surface area contributed by atoms with Crippen molar-refractivity contribution in [1.82, 2.24) is 10.2 Å². The lowest BCUT2D eigenvalue weighted by Crippen LogP contribution is -2.52. The highest BCUT2D eigenvalue weighted by atomic mass is 32.2. The third-order valence-corrected chi connectivity index (χ3v) is 6.26. The SMILES string of the molecule is O=C(NCCSC1=C(C(=O)O)N2C(=O)C[C@@H]2[C@H]1CCO)OCc1ccc([N+](=O)[O-])cc1. The van der Waals surface area contributed by atoms with E-state index in [9.17, 15) is 34.7 Å². The number of carbonyl (C=O) groups excluding carboxylic acids is 2. The fraction of sp³-hybridized carbons (Fsp3) is 0.421. The highest BCUT2D eigenvalue weighted by molar-refractivity contribution is 8.03. The molecule has 2 aliphatic rings. The summed E-state index contributed by atoms with van der Waals surface area (Å²) in [4.78, 5) is 47.3. The van der Waals surface area contributed by atoms with Crippen LogP contribution in [0.1, 0.15) is 18.4 Å². The van der Waals surface area contributed by atoms with Crippen LogP contribution in [0.4, 0.5) is 10.5 Å². The number of carboxylic acids is 1. The summed E-state index contributed by atoms with van der Waals surface area (Å²) >= 11 is 1.24. The summed E-state index contributed by atoms with van der Waals surface area (Å²) in [7, 11) is 0. The summed E-state index contributed by atoms with van der Waals surface area (Å²) < 4.78 is 5.06. The number of nitrogens with one attached hydrogen (secondary N) is 1. The van der Waals surface area contributed by atoms with Crippen LogP contribution in [-0.4, -0.2) is 63.0 Å². The predicted octanol–water partition coefficient (Wildman–Crippen LogP) is 1.46. The quantitative estimate of drug-likeness (QED) is 0.207. The number of fused-ring (bicyclic) bond motifs is 1. The monoisotopic (exact) mass is 451 g/mol. The van der Waals surface area contributed by atoms with Crippen molar-refractivity contribution in [2.45, 2.75) is 25.5 Å². The molecule has 31 heavy (non-hydrogen) atoms. The van der Waals surface area contributed by atoms with Crippen molar-refractivity contribution in [3.63, 3.8) is 0 Å². The predicted molar refractivity (Wildman–Crippen MR) is 109 cm³/mol. The molecule has 1 aromatic carbocycles. The number of benzene rings is 1. The van der Waals surface area contributed by atoms with Crippen molar-refractivity contribution in [3.8, 4) is 0 Å². The largest absolute Gasteiger partial charge is 0.477 e. The van der Waals surface area contributed by atoms with E-state index < -0.39 is 17.0 Å². The van der Waals surface area contributed by atoms with Crippen molar-refractivity contribution in [2.75, 3.05) is 18.9 Å². The van der Waals surface area contributed by atoms with E-state index in [0.29, 0.717) is 22.6 Å². The summed E-state index contributed by atoms with van der Waals surface area (Å²) in [6.07, 6.45) is -0.0551. The first-order chi connectivity index (χ1) is 14.8. The molecule has 1 saturated heterocycles. The van der Waals surface area contributed by atoms with E-state index in [1.165, 1.54) is 40.9 Å². The van der Waals surface area contributed by atoms with Crippen LogP contribution >= 0.6 is 11.8 Å². The van der Waals surface area contributed by atoms with E-state index in [1.54, 1.807) is 0 Å². The van der Waals surface area contributed by atoms with Crippen molar-refractivity contribution < 1.29 is 34.3 Å². The van der Waals surface area contributed by atoms with Gasteiger partial charge in [-0.25, -0.2) is 9.59 Å².